The maximum absolute atomic E-state index is 9.92. The molecule has 2 atom stereocenters. The molecule has 0 saturated carbocycles. The summed E-state index contributed by atoms with van der Waals surface area (Å²) < 4.78 is 5.72. The highest BCUT2D eigenvalue weighted by Crippen LogP contribution is 2.24. The van der Waals surface area contributed by atoms with Gasteiger partial charge in [0.05, 0.1) is 12.1 Å². The molecule has 2 rings (SSSR count). The third kappa shape index (κ3) is 5.05. The van der Waals surface area contributed by atoms with Crippen molar-refractivity contribution < 1.29 is 9.84 Å². The van der Waals surface area contributed by atoms with Crippen molar-refractivity contribution in [3.05, 3.63) is 60.2 Å². The molecule has 0 bridgehead atoms. The van der Waals surface area contributed by atoms with Gasteiger partial charge in [0, 0.05) is 0 Å². The average molecular weight is 308 g/mol. The zero-order chi connectivity index (χ0) is 14.4. The summed E-state index contributed by atoms with van der Waals surface area (Å²) in [5.41, 5.74) is 6.96. The van der Waals surface area contributed by atoms with Gasteiger partial charge < -0.3 is 15.6 Å². The molecule has 0 amide bonds. The van der Waals surface area contributed by atoms with Gasteiger partial charge in [0.2, 0.25) is 0 Å². The van der Waals surface area contributed by atoms with Crippen molar-refractivity contribution in [1.82, 2.24) is 0 Å². The number of hydrogen-bond donors (Lipinski definition) is 2. The molecular weight excluding hydrogens is 286 g/mol. The van der Waals surface area contributed by atoms with Crippen LogP contribution in [0.4, 0.5) is 0 Å². The van der Waals surface area contributed by atoms with Crippen molar-refractivity contribution in [1.29, 1.82) is 0 Å². The van der Waals surface area contributed by atoms with Crippen molar-refractivity contribution in [2.45, 2.75) is 31.9 Å². The number of aliphatic hydroxyl groups excluding tert-OH is 1. The molecular formula is C17H22ClNO2. The molecule has 0 radical (unpaired) electrons. The summed E-state index contributed by atoms with van der Waals surface area (Å²) in [5.74, 6) is 1.56. The highest BCUT2D eigenvalue weighted by atomic mass is 35.5. The lowest BCUT2D eigenvalue weighted by atomic mass is 9.99. The maximum atomic E-state index is 9.92. The third-order valence-corrected chi connectivity index (χ3v) is 3.24. The average Bonchev–Trinajstić information content (AvgIpc) is 2.48. The Morgan fingerprint density at radius 2 is 1.57 bits per heavy atom. The monoisotopic (exact) mass is 307 g/mol. The van der Waals surface area contributed by atoms with Crippen LogP contribution >= 0.6 is 12.4 Å². The normalized spacial score (nSPS) is 13.1. The molecule has 0 saturated heterocycles. The van der Waals surface area contributed by atoms with Gasteiger partial charge in [0.15, 0.2) is 0 Å². The van der Waals surface area contributed by atoms with E-state index in [1.807, 2.05) is 61.5 Å². The molecule has 114 valence electrons. The van der Waals surface area contributed by atoms with Crippen LogP contribution in [0.15, 0.2) is 54.6 Å². The number of para-hydroxylation sites is 1. The van der Waals surface area contributed by atoms with Gasteiger partial charge in [-0.25, -0.2) is 0 Å². The fraction of sp³-hybridized carbons (Fsp3) is 0.294. The number of aliphatic hydroxyl groups is 1. The third-order valence-electron chi connectivity index (χ3n) is 3.24. The maximum Gasteiger partial charge on any atom is 0.127 e. The zero-order valence-corrected chi connectivity index (χ0v) is 12.9. The minimum atomic E-state index is -0.499. The molecule has 0 aliphatic heterocycles. The molecule has 0 heterocycles. The van der Waals surface area contributed by atoms with Gasteiger partial charge in [-0.15, -0.1) is 12.4 Å². The molecule has 0 aliphatic rings. The number of benzene rings is 2. The highest BCUT2D eigenvalue weighted by molar-refractivity contribution is 5.85. The summed E-state index contributed by atoms with van der Waals surface area (Å²) >= 11 is 0. The van der Waals surface area contributed by atoms with E-state index in [1.54, 1.807) is 0 Å². The van der Waals surface area contributed by atoms with Gasteiger partial charge in [0.25, 0.3) is 0 Å². The van der Waals surface area contributed by atoms with Crippen LogP contribution in [0, 0.1) is 0 Å². The summed E-state index contributed by atoms with van der Waals surface area (Å²) in [6.45, 7) is 2.03. The SMILES string of the molecule is CCC[C@H](O)[C@H](N)c1ccc(Oc2ccccc2)cc1.Cl. The number of halogens is 1. The van der Waals surface area contributed by atoms with Gasteiger partial charge in [0.1, 0.15) is 11.5 Å². The van der Waals surface area contributed by atoms with Crippen LogP contribution < -0.4 is 10.5 Å². The molecule has 2 aromatic carbocycles. The van der Waals surface area contributed by atoms with Crippen LogP contribution in [0.3, 0.4) is 0 Å². The molecule has 0 aliphatic carbocycles. The minimum Gasteiger partial charge on any atom is -0.457 e. The Morgan fingerprint density at radius 1 is 1.00 bits per heavy atom. The lowest BCUT2D eigenvalue weighted by Gasteiger charge is -2.18. The Hall–Kier alpha value is -1.55. The van der Waals surface area contributed by atoms with Crippen molar-refractivity contribution in [2.24, 2.45) is 5.73 Å². The van der Waals surface area contributed by atoms with Crippen molar-refractivity contribution in [3.63, 3.8) is 0 Å². The zero-order valence-electron chi connectivity index (χ0n) is 12.1. The Labute approximate surface area is 132 Å². The Bertz CT molecular complexity index is 516. The van der Waals surface area contributed by atoms with E-state index in [0.29, 0.717) is 6.42 Å². The summed E-state index contributed by atoms with van der Waals surface area (Å²) in [6, 6.07) is 16.8. The highest BCUT2D eigenvalue weighted by Gasteiger charge is 2.15. The van der Waals surface area contributed by atoms with Crippen LogP contribution in [0.5, 0.6) is 11.5 Å². The first-order chi connectivity index (χ1) is 9.70. The fourth-order valence-electron chi connectivity index (χ4n) is 2.08. The van der Waals surface area contributed by atoms with Crippen LogP contribution in [-0.2, 0) is 0 Å². The van der Waals surface area contributed by atoms with E-state index in [1.165, 1.54) is 0 Å². The molecule has 0 aromatic heterocycles. The summed E-state index contributed by atoms with van der Waals surface area (Å²) in [5, 5.41) is 9.92. The first kappa shape index (κ1) is 17.5. The van der Waals surface area contributed by atoms with E-state index < -0.39 is 6.10 Å². The van der Waals surface area contributed by atoms with Crippen molar-refractivity contribution in [3.8, 4) is 11.5 Å². The quantitative estimate of drug-likeness (QED) is 0.846. The summed E-state index contributed by atoms with van der Waals surface area (Å²) in [7, 11) is 0. The van der Waals surface area contributed by atoms with Gasteiger partial charge in [-0.1, -0.05) is 43.7 Å². The van der Waals surface area contributed by atoms with Gasteiger partial charge in [-0.2, -0.15) is 0 Å². The smallest absolute Gasteiger partial charge is 0.127 e. The van der Waals surface area contributed by atoms with E-state index in [2.05, 4.69) is 0 Å². The Morgan fingerprint density at radius 3 is 2.14 bits per heavy atom. The Balaban J connectivity index is 0.00000220. The molecule has 0 fully saturated rings. The first-order valence-electron chi connectivity index (χ1n) is 6.97. The Kier molecular flexibility index (Phi) is 7.23. The standard InChI is InChI=1S/C17H21NO2.ClH/c1-2-6-16(19)17(18)13-9-11-15(12-10-13)20-14-7-4-3-5-8-14;/h3-5,7-12,16-17,19H,2,6,18H2,1H3;1H/t16-,17+;/m0./s1. The van der Waals surface area contributed by atoms with Crippen molar-refractivity contribution >= 4 is 12.4 Å². The summed E-state index contributed by atoms with van der Waals surface area (Å²) in [4.78, 5) is 0. The molecule has 0 spiro atoms. The van der Waals surface area contributed by atoms with Crippen LogP contribution in [0.2, 0.25) is 0 Å². The van der Waals surface area contributed by atoms with Gasteiger partial charge >= 0.3 is 0 Å². The largest absolute Gasteiger partial charge is 0.457 e. The summed E-state index contributed by atoms with van der Waals surface area (Å²) in [6.07, 6.45) is 1.13. The molecule has 2 aromatic rings. The van der Waals surface area contributed by atoms with Crippen molar-refractivity contribution in [2.75, 3.05) is 0 Å². The number of rotatable bonds is 6. The van der Waals surface area contributed by atoms with E-state index in [-0.39, 0.29) is 18.4 Å². The molecule has 21 heavy (non-hydrogen) atoms. The first-order valence-corrected chi connectivity index (χ1v) is 6.97. The lowest BCUT2D eigenvalue weighted by molar-refractivity contribution is 0.134. The number of nitrogens with two attached hydrogens (primary N) is 1. The van der Waals surface area contributed by atoms with E-state index in [9.17, 15) is 5.11 Å². The van der Waals surface area contributed by atoms with E-state index in [0.717, 1.165) is 23.5 Å². The number of ether oxygens (including phenoxy) is 1. The molecule has 0 unspecified atom stereocenters. The second kappa shape index (κ2) is 8.67. The van der Waals surface area contributed by atoms with E-state index >= 15 is 0 Å². The van der Waals surface area contributed by atoms with Crippen LogP contribution in [0.1, 0.15) is 31.4 Å². The molecule has 4 heteroatoms. The molecule has 3 nitrogen and oxygen atoms in total. The second-order valence-electron chi connectivity index (χ2n) is 4.87. The molecule has 3 N–H and O–H groups in total. The number of hydrogen-bond acceptors (Lipinski definition) is 3. The fourth-order valence-corrected chi connectivity index (χ4v) is 2.08. The lowest BCUT2D eigenvalue weighted by Crippen LogP contribution is -2.25. The van der Waals surface area contributed by atoms with Gasteiger partial charge in [-0.05, 0) is 36.2 Å². The van der Waals surface area contributed by atoms with Gasteiger partial charge in [-0.3, -0.25) is 0 Å². The van der Waals surface area contributed by atoms with Crippen LogP contribution in [0.25, 0.3) is 0 Å². The minimum absolute atomic E-state index is 0. The second-order valence-corrected chi connectivity index (χ2v) is 4.87. The topological polar surface area (TPSA) is 55.5 Å². The van der Waals surface area contributed by atoms with Crippen LogP contribution in [-0.4, -0.2) is 11.2 Å². The predicted octanol–water partition coefficient (Wildman–Crippen LogP) is 4.06. The van der Waals surface area contributed by atoms with E-state index in [4.69, 9.17) is 10.5 Å². The predicted molar refractivity (Wildman–Crippen MR) is 88.0 cm³/mol.